The van der Waals surface area contributed by atoms with E-state index in [0.29, 0.717) is 0 Å². The smallest absolute Gasteiger partial charge is 0.327 e. The molecule has 2 aromatic rings. The second kappa shape index (κ2) is 6.34. The first-order chi connectivity index (χ1) is 9.61. The van der Waals surface area contributed by atoms with Crippen LogP contribution >= 0.6 is 0 Å². The second-order valence-corrected chi connectivity index (χ2v) is 4.58. The van der Waals surface area contributed by atoms with Gasteiger partial charge in [0, 0.05) is 12.4 Å². The number of furan rings is 1. The summed E-state index contributed by atoms with van der Waals surface area (Å²) < 4.78 is 10.4. The highest BCUT2D eigenvalue weighted by Crippen LogP contribution is 2.21. The number of pyridine rings is 1. The number of rotatable bonds is 5. The molecule has 0 aliphatic rings. The number of aryl methyl sites for hydroxylation is 1. The van der Waals surface area contributed by atoms with Crippen molar-refractivity contribution in [2.24, 2.45) is 0 Å². The second-order valence-electron chi connectivity index (χ2n) is 4.58. The number of esters is 1. The van der Waals surface area contributed by atoms with Crippen molar-refractivity contribution in [3.8, 4) is 0 Å². The lowest BCUT2D eigenvalue weighted by atomic mass is 10.1. The van der Waals surface area contributed by atoms with Crippen molar-refractivity contribution in [1.29, 1.82) is 0 Å². The molecule has 0 saturated carbocycles. The number of ether oxygens (including phenoxy) is 1. The van der Waals surface area contributed by atoms with E-state index in [1.165, 1.54) is 7.11 Å². The van der Waals surface area contributed by atoms with E-state index in [4.69, 9.17) is 9.15 Å². The fourth-order valence-corrected chi connectivity index (χ4v) is 1.98. The normalized spacial score (nSPS) is 13.8. The van der Waals surface area contributed by atoms with Crippen molar-refractivity contribution in [3.05, 3.63) is 53.7 Å². The zero-order valence-corrected chi connectivity index (χ0v) is 11.8. The van der Waals surface area contributed by atoms with Crippen molar-refractivity contribution in [2.75, 3.05) is 7.11 Å². The van der Waals surface area contributed by atoms with E-state index >= 15 is 0 Å². The van der Waals surface area contributed by atoms with Gasteiger partial charge in [-0.1, -0.05) is 6.07 Å². The molecule has 2 heterocycles. The summed E-state index contributed by atoms with van der Waals surface area (Å²) in [6.07, 6.45) is 3.31. The molecule has 20 heavy (non-hydrogen) atoms. The van der Waals surface area contributed by atoms with Crippen LogP contribution in [-0.4, -0.2) is 18.1 Å². The quantitative estimate of drug-likeness (QED) is 0.849. The minimum Gasteiger partial charge on any atom is -0.468 e. The summed E-state index contributed by atoms with van der Waals surface area (Å²) in [5.41, 5.74) is 0.759. The first-order valence-corrected chi connectivity index (χ1v) is 6.42. The van der Waals surface area contributed by atoms with Crippen LogP contribution in [-0.2, 0) is 9.53 Å². The van der Waals surface area contributed by atoms with Crippen LogP contribution in [0.5, 0.6) is 0 Å². The van der Waals surface area contributed by atoms with E-state index in [2.05, 4.69) is 10.3 Å². The molecular formula is C15H18N2O3. The molecular weight excluding hydrogens is 256 g/mol. The summed E-state index contributed by atoms with van der Waals surface area (Å²) in [6.45, 7) is 3.82. The molecule has 0 radical (unpaired) electrons. The monoisotopic (exact) mass is 274 g/mol. The van der Waals surface area contributed by atoms with Crippen molar-refractivity contribution >= 4 is 5.97 Å². The Bertz CT molecular complexity index is 566. The summed E-state index contributed by atoms with van der Waals surface area (Å²) in [5.74, 6) is 1.26. The molecule has 5 heteroatoms. The van der Waals surface area contributed by atoms with Gasteiger partial charge in [0.2, 0.25) is 0 Å². The molecule has 0 aromatic carbocycles. The van der Waals surface area contributed by atoms with Gasteiger partial charge in [0.25, 0.3) is 0 Å². The van der Waals surface area contributed by atoms with Crippen LogP contribution in [0.15, 0.2) is 41.1 Å². The van der Waals surface area contributed by atoms with Gasteiger partial charge in [-0.15, -0.1) is 0 Å². The van der Waals surface area contributed by atoms with Crippen molar-refractivity contribution in [1.82, 2.24) is 10.3 Å². The van der Waals surface area contributed by atoms with Crippen molar-refractivity contribution in [3.63, 3.8) is 0 Å². The van der Waals surface area contributed by atoms with E-state index in [1.807, 2.05) is 32.0 Å². The average molecular weight is 274 g/mol. The van der Waals surface area contributed by atoms with Gasteiger partial charge in [-0.25, -0.2) is 4.79 Å². The largest absolute Gasteiger partial charge is 0.468 e. The Kier molecular flexibility index (Phi) is 4.53. The molecule has 2 atom stereocenters. The van der Waals surface area contributed by atoms with Gasteiger partial charge in [-0.2, -0.15) is 0 Å². The van der Waals surface area contributed by atoms with Crippen LogP contribution in [0.3, 0.4) is 0 Å². The fraction of sp³-hybridized carbons (Fsp3) is 0.333. The molecule has 0 spiro atoms. The zero-order chi connectivity index (χ0) is 14.5. The van der Waals surface area contributed by atoms with Gasteiger partial charge >= 0.3 is 5.97 Å². The van der Waals surface area contributed by atoms with Crippen molar-refractivity contribution < 1.29 is 13.9 Å². The molecule has 0 saturated heterocycles. The molecule has 0 aliphatic heterocycles. The Morgan fingerprint density at radius 2 is 2.20 bits per heavy atom. The molecule has 0 bridgehead atoms. The van der Waals surface area contributed by atoms with E-state index < -0.39 is 6.04 Å². The van der Waals surface area contributed by atoms with E-state index in [0.717, 1.165) is 17.1 Å². The maximum atomic E-state index is 11.9. The first kappa shape index (κ1) is 14.3. The van der Waals surface area contributed by atoms with Gasteiger partial charge in [0.05, 0.1) is 13.2 Å². The van der Waals surface area contributed by atoms with E-state index in [1.54, 1.807) is 18.5 Å². The minimum atomic E-state index is -0.575. The summed E-state index contributed by atoms with van der Waals surface area (Å²) in [5, 5.41) is 3.21. The van der Waals surface area contributed by atoms with Crippen LogP contribution in [0.2, 0.25) is 0 Å². The molecule has 2 aromatic heterocycles. The van der Waals surface area contributed by atoms with Gasteiger partial charge < -0.3 is 9.15 Å². The SMILES string of the molecule is COC(=O)[C@H](N[C@@H](C)c1ccc(C)o1)c1cccnc1. The zero-order valence-electron chi connectivity index (χ0n) is 11.8. The number of carbonyl (C=O) groups is 1. The molecule has 0 aliphatic carbocycles. The highest BCUT2D eigenvalue weighted by molar-refractivity contribution is 5.77. The van der Waals surface area contributed by atoms with Crippen LogP contribution in [0.1, 0.15) is 36.1 Å². The predicted octanol–water partition coefficient (Wildman–Crippen LogP) is 2.55. The minimum absolute atomic E-state index is 0.118. The highest BCUT2D eigenvalue weighted by atomic mass is 16.5. The topological polar surface area (TPSA) is 64.4 Å². The number of carbonyl (C=O) groups excluding carboxylic acids is 1. The van der Waals surface area contributed by atoms with Crippen LogP contribution in [0.25, 0.3) is 0 Å². The number of methoxy groups -OCH3 is 1. The maximum absolute atomic E-state index is 11.9. The molecule has 0 unspecified atom stereocenters. The van der Waals surface area contributed by atoms with E-state index in [9.17, 15) is 4.79 Å². The molecule has 1 N–H and O–H groups in total. The number of aromatic nitrogens is 1. The lowest BCUT2D eigenvalue weighted by Crippen LogP contribution is -2.31. The van der Waals surface area contributed by atoms with Gasteiger partial charge in [0.1, 0.15) is 17.6 Å². The summed E-state index contributed by atoms with van der Waals surface area (Å²) in [6, 6.07) is 6.72. The van der Waals surface area contributed by atoms with Gasteiger partial charge in [-0.3, -0.25) is 10.3 Å². The lowest BCUT2D eigenvalue weighted by Gasteiger charge is -2.20. The average Bonchev–Trinajstić information content (AvgIpc) is 2.91. The third-order valence-electron chi connectivity index (χ3n) is 3.06. The van der Waals surface area contributed by atoms with Gasteiger partial charge in [0.15, 0.2) is 0 Å². The Labute approximate surface area is 118 Å². The van der Waals surface area contributed by atoms with Crippen LogP contribution in [0, 0.1) is 6.92 Å². The van der Waals surface area contributed by atoms with Crippen LogP contribution in [0.4, 0.5) is 0 Å². The predicted molar refractivity (Wildman–Crippen MR) is 74.0 cm³/mol. The third-order valence-corrected chi connectivity index (χ3v) is 3.06. The first-order valence-electron chi connectivity index (χ1n) is 6.42. The molecule has 106 valence electrons. The third kappa shape index (κ3) is 3.24. The summed E-state index contributed by atoms with van der Waals surface area (Å²) >= 11 is 0. The standard InChI is InChI=1S/C15H18N2O3/c1-10-6-7-13(20-10)11(2)17-14(15(18)19-3)12-5-4-8-16-9-12/h4-9,11,14,17H,1-3H3/t11-,14+/m0/s1. The number of nitrogens with zero attached hydrogens (tertiary/aromatic N) is 1. The summed E-state index contributed by atoms with van der Waals surface area (Å²) in [4.78, 5) is 16.0. The lowest BCUT2D eigenvalue weighted by molar-refractivity contribution is -0.143. The number of hydrogen-bond donors (Lipinski definition) is 1. The van der Waals surface area contributed by atoms with E-state index in [-0.39, 0.29) is 12.0 Å². The fourth-order valence-electron chi connectivity index (χ4n) is 1.98. The maximum Gasteiger partial charge on any atom is 0.327 e. The van der Waals surface area contributed by atoms with Gasteiger partial charge in [-0.05, 0) is 37.6 Å². The number of hydrogen-bond acceptors (Lipinski definition) is 5. The molecule has 0 amide bonds. The molecule has 5 nitrogen and oxygen atoms in total. The number of nitrogens with one attached hydrogen (secondary N) is 1. The van der Waals surface area contributed by atoms with Crippen molar-refractivity contribution in [2.45, 2.75) is 25.9 Å². The Morgan fingerprint density at radius 3 is 2.75 bits per heavy atom. The highest BCUT2D eigenvalue weighted by Gasteiger charge is 2.24. The van der Waals surface area contributed by atoms with Crippen LogP contribution < -0.4 is 5.32 Å². The Balaban J connectivity index is 2.18. The molecule has 0 fully saturated rings. The summed E-state index contributed by atoms with van der Waals surface area (Å²) in [7, 11) is 1.37. The molecule has 2 rings (SSSR count). The Hall–Kier alpha value is -2.14. The Morgan fingerprint density at radius 1 is 1.40 bits per heavy atom.